The maximum atomic E-state index is 14.3. The monoisotopic (exact) mass is 858 g/mol. The van der Waals surface area contributed by atoms with Crippen LogP contribution in [0.1, 0.15) is 93.9 Å². The van der Waals surface area contributed by atoms with Gasteiger partial charge in [-0.2, -0.15) is 0 Å². The summed E-state index contributed by atoms with van der Waals surface area (Å²) in [6.45, 7) is 15.9. The second-order valence-electron chi connectivity index (χ2n) is 18.7. The predicted molar refractivity (Wildman–Crippen MR) is 223 cm³/mol. The zero-order chi connectivity index (χ0) is 44.0. The largest absolute Gasteiger partial charge is 0.462 e. The molecule has 6 heterocycles. The van der Waals surface area contributed by atoms with Crippen molar-refractivity contribution in [2.75, 3.05) is 13.7 Å². The summed E-state index contributed by atoms with van der Waals surface area (Å²) in [4.78, 5) is 14.3. The average molecular weight is 859 g/mol. The molecule has 4 N–H and O–H groups in total. The van der Waals surface area contributed by atoms with Crippen molar-refractivity contribution in [3.05, 3.63) is 59.3 Å². The van der Waals surface area contributed by atoms with Crippen molar-refractivity contribution >= 4 is 5.97 Å². The van der Waals surface area contributed by atoms with Crippen LogP contribution >= 0.6 is 0 Å². The van der Waals surface area contributed by atoms with E-state index in [9.17, 15) is 25.2 Å². The minimum Gasteiger partial charge on any atom is -0.462 e. The lowest BCUT2D eigenvalue weighted by Gasteiger charge is -2.48. The van der Waals surface area contributed by atoms with E-state index in [1.54, 1.807) is 33.1 Å². The minimum absolute atomic E-state index is 0.0246. The molecule has 0 radical (unpaired) electrons. The van der Waals surface area contributed by atoms with E-state index in [0.29, 0.717) is 30.4 Å². The van der Waals surface area contributed by atoms with E-state index in [1.807, 2.05) is 39.0 Å². The molecule has 20 atom stereocenters. The second kappa shape index (κ2) is 19.0. The van der Waals surface area contributed by atoms with E-state index in [-0.39, 0.29) is 43.3 Å². The van der Waals surface area contributed by atoms with Gasteiger partial charge in [0.15, 0.2) is 18.4 Å². The van der Waals surface area contributed by atoms with Crippen LogP contribution in [0.4, 0.5) is 0 Å². The van der Waals surface area contributed by atoms with Gasteiger partial charge < -0.3 is 63.1 Å². The van der Waals surface area contributed by atoms with Gasteiger partial charge in [0.2, 0.25) is 0 Å². The molecule has 14 heteroatoms. The molecular weight excluding hydrogens is 789 g/mol. The summed E-state index contributed by atoms with van der Waals surface area (Å²) < 4.78 is 57.7. The number of esters is 1. The number of aliphatic hydroxyl groups is 4. The number of ether oxygens (including phenoxy) is 9. The molecule has 1 aliphatic carbocycles. The van der Waals surface area contributed by atoms with Gasteiger partial charge in [-0.25, -0.2) is 0 Å². The van der Waals surface area contributed by atoms with Crippen LogP contribution in [0.3, 0.4) is 0 Å². The Hall–Kier alpha value is -2.31. The Labute approximate surface area is 360 Å². The lowest BCUT2D eigenvalue weighted by molar-refractivity contribution is -0.317. The fraction of sp³-hybridized carbons (Fsp3) is 0.766. The van der Waals surface area contributed by atoms with Gasteiger partial charge in [0, 0.05) is 44.6 Å². The van der Waals surface area contributed by atoms with Gasteiger partial charge in [0.25, 0.3) is 0 Å². The van der Waals surface area contributed by atoms with Crippen LogP contribution in [0.5, 0.6) is 0 Å². The van der Waals surface area contributed by atoms with E-state index in [2.05, 4.69) is 32.9 Å². The number of allylic oxidation sites excluding steroid dienone is 2. The third kappa shape index (κ3) is 9.58. The van der Waals surface area contributed by atoms with Crippen molar-refractivity contribution < 1.29 is 67.9 Å². The molecule has 6 aliphatic heterocycles. The van der Waals surface area contributed by atoms with Crippen LogP contribution in [-0.2, 0) is 47.4 Å². The van der Waals surface area contributed by atoms with Crippen LogP contribution in [0.2, 0.25) is 0 Å². The van der Waals surface area contributed by atoms with Gasteiger partial charge in [-0.05, 0) is 62.8 Å². The molecule has 0 amide bonds. The van der Waals surface area contributed by atoms with Gasteiger partial charge in [-0.15, -0.1) is 0 Å². The molecule has 7 rings (SSSR count). The molecule has 0 aromatic heterocycles. The number of fused-ring (bicyclic) bond motifs is 2. The normalized spacial score (nSPS) is 47.5. The Kier molecular flexibility index (Phi) is 14.6. The fourth-order valence-electron chi connectivity index (χ4n) is 10.3. The highest BCUT2D eigenvalue weighted by Crippen LogP contribution is 2.47. The van der Waals surface area contributed by atoms with Gasteiger partial charge in [0.1, 0.15) is 42.0 Å². The van der Waals surface area contributed by atoms with Gasteiger partial charge in [-0.1, -0.05) is 70.6 Å². The summed E-state index contributed by atoms with van der Waals surface area (Å²) in [5.41, 5.74) is 0.0978. The van der Waals surface area contributed by atoms with Gasteiger partial charge in [-0.3, -0.25) is 4.79 Å². The Morgan fingerprint density at radius 1 is 0.918 bits per heavy atom. The minimum atomic E-state index is -1.84. The molecule has 1 spiro atoms. The van der Waals surface area contributed by atoms with Crippen molar-refractivity contribution in [1.82, 2.24) is 0 Å². The number of rotatable bonds is 7. The standard InChI is InChI=1S/C47H70O14/c1-10-24(2)42-27(5)16-17-46(61-42)22-33-19-32(60-46)15-14-26(4)41(58-38-21-36(53-9)43(30(8)56-38)59-37-20-35(48)40(50)29(7)55-37)25(3)12-11-13-31-23-54-44-39(49)28(6)18-34(45(51)57-33)47(31,44)52/h11-14,16-18,24-25,27,29-30,32-44,48-50,52H,10,15,19-23H2,1-9H3. The number of carbonyl (C=O) groups excluding carboxylic acids is 1. The summed E-state index contributed by atoms with van der Waals surface area (Å²) in [6, 6.07) is 0. The first-order chi connectivity index (χ1) is 29.0. The zero-order valence-corrected chi connectivity index (χ0v) is 37.3. The summed E-state index contributed by atoms with van der Waals surface area (Å²) in [5.74, 6) is -2.60. The Morgan fingerprint density at radius 2 is 1.66 bits per heavy atom. The molecule has 0 aromatic carbocycles. The molecule has 20 unspecified atom stereocenters. The third-order valence-electron chi connectivity index (χ3n) is 14.2. The molecule has 0 saturated carbocycles. The summed E-state index contributed by atoms with van der Waals surface area (Å²) in [5, 5.41) is 44.3. The van der Waals surface area contributed by atoms with E-state index in [0.717, 1.165) is 12.0 Å². The molecule has 4 fully saturated rings. The summed E-state index contributed by atoms with van der Waals surface area (Å²) >= 11 is 0. The second-order valence-corrected chi connectivity index (χ2v) is 18.7. The van der Waals surface area contributed by atoms with E-state index >= 15 is 0 Å². The maximum absolute atomic E-state index is 14.3. The molecule has 0 aromatic rings. The first-order valence-corrected chi connectivity index (χ1v) is 22.5. The topological polar surface area (TPSA) is 181 Å². The third-order valence-corrected chi connectivity index (χ3v) is 14.2. The quantitative estimate of drug-likeness (QED) is 0.204. The number of hydrogen-bond donors (Lipinski definition) is 4. The zero-order valence-electron chi connectivity index (χ0n) is 37.3. The van der Waals surface area contributed by atoms with E-state index in [4.69, 9.17) is 42.6 Å². The van der Waals surface area contributed by atoms with Crippen molar-refractivity contribution in [2.45, 2.75) is 191 Å². The number of methoxy groups -OCH3 is 1. The number of carbonyl (C=O) groups is 1. The molecule has 342 valence electrons. The van der Waals surface area contributed by atoms with Crippen molar-refractivity contribution in [3.8, 4) is 0 Å². The van der Waals surface area contributed by atoms with Crippen LogP contribution < -0.4 is 0 Å². The first kappa shape index (κ1) is 46.7. The van der Waals surface area contributed by atoms with Gasteiger partial charge in [0.05, 0.1) is 49.3 Å². The van der Waals surface area contributed by atoms with E-state index < -0.39 is 103 Å². The van der Waals surface area contributed by atoms with Crippen LogP contribution in [0.15, 0.2) is 59.3 Å². The van der Waals surface area contributed by atoms with Crippen molar-refractivity contribution in [1.29, 1.82) is 0 Å². The summed E-state index contributed by atoms with van der Waals surface area (Å²) in [7, 11) is 1.62. The Morgan fingerprint density at radius 3 is 2.38 bits per heavy atom. The predicted octanol–water partition coefficient (Wildman–Crippen LogP) is 4.72. The molecule has 7 aliphatic rings. The Balaban J connectivity index is 1.19. The van der Waals surface area contributed by atoms with Crippen molar-refractivity contribution in [2.24, 2.45) is 23.7 Å². The number of hydrogen-bond acceptors (Lipinski definition) is 14. The van der Waals surface area contributed by atoms with E-state index in [1.165, 1.54) is 0 Å². The lowest BCUT2D eigenvalue weighted by Crippen LogP contribution is -2.58. The lowest BCUT2D eigenvalue weighted by atomic mass is 9.71. The van der Waals surface area contributed by atoms with Gasteiger partial charge >= 0.3 is 5.97 Å². The SMILES string of the molecule is CCC(C)C1OC2(C=CC1C)CC1CC(CC=C(C)C(OC3CC(OC)C(OC4CC(O)C(O)C(C)O4)C(C)O3)C(C)C=CC=C3COC4C(O)C(C)=CC(C(=O)O1)C34O)O2. The fourth-order valence-corrected chi connectivity index (χ4v) is 10.3. The molecular formula is C47H70O14. The number of aliphatic hydroxyl groups excluding tert-OH is 3. The van der Waals surface area contributed by atoms with Crippen LogP contribution in [0, 0.1) is 23.7 Å². The highest BCUT2D eigenvalue weighted by molar-refractivity contribution is 5.78. The average Bonchev–Trinajstić information content (AvgIpc) is 3.56. The molecule has 14 nitrogen and oxygen atoms in total. The molecule has 2 bridgehead atoms. The van der Waals surface area contributed by atoms with Crippen molar-refractivity contribution in [3.63, 3.8) is 0 Å². The molecule has 4 saturated heterocycles. The molecule has 61 heavy (non-hydrogen) atoms. The maximum Gasteiger partial charge on any atom is 0.316 e. The highest BCUT2D eigenvalue weighted by Gasteiger charge is 2.60. The highest BCUT2D eigenvalue weighted by atomic mass is 16.7. The first-order valence-electron chi connectivity index (χ1n) is 22.5. The van der Waals surface area contributed by atoms with Crippen LogP contribution in [-0.4, -0.2) is 137 Å². The van der Waals surface area contributed by atoms with Crippen LogP contribution in [0.25, 0.3) is 0 Å². The summed E-state index contributed by atoms with van der Waals surface area (Å²) in [6.07, 6.45) is 6.91. The Bertz CT molecular complexity index is 1700. The smallest absolute Gasteiger partial charge is 0.316 e.